The van der Waals surface area contributed by atoms with Gasteiger partial charge in [0.1, 0.15) is 6.07 Å². The van der Waals surface area contributed by atoms with Gasteiger partial charge in [-0.1, -0.05) is 11.6 Å². The number of nitriles is 1. The Bertz CT molecular complexity index is 405. The van der Waals surface area contributed by atoms with Gasteiger partial charge in [0.05, 0.1) is 10.6 Å². The smallest absolute Gasteiger partial charge is 0.231 e. The maximum atomic E-state index is 8.74. The molecule has 0 unspecified atom stereocenters. The highest BCUT2D eigenvalue weighted by atomic mass is 35.5. The molecule has 0 fully saturated rings. The molecule has 0 spiro atoms. The number of benzene rings is 1. The summed E-state index contributed by atoms with van der Waals surface area (Å²) < 4.78 is 10.3. The summed E-state index contributed by atoms with van der Waals surface area (Å²) in [6, 6.07) is 3.59. The van der Waals surface area contributed by atoms with Gasteiger partial charge >= 0.3 is 0 Å². The van der Waals surface area contributed by atoms with E-state index in [9.17, 15) is 0 Å². The highest BCUT2D eigenvalue weighted by molar-refractivity contribution is 6.32. The van der Waals surface area contributed by atoms with Crippen LogP contribution in [0.3, 0.4) is 0 Å². The van der Waals surface area contributed by atoms with E-state index in [0.29, 0.717) is 22.1 Å². The zero-order valence-electron chi connectivity index (χ0n) is 6.93. The number of halogens is 1. The average Bonchev–Trinajstić information content (AvgIpc) is 2.59. The molecule has 1 aliphatic rings. The highest BCUT2D eigenvalue weighted by Crippen LogP contribution is 2.40. The molecule has 1 aromatic rings. The van der Waals surface area contributed by atoms with Crippen LogP contribution in [0.2, 0.25) is 5.02 Å². The first-order chi connectivity index (χ1) is 6.24. The molecule has 2 rings (SSSR count). The Morgan fingerprint density at radius 3 is 3.00 bits per heavy atom. The van der Waals surface area contributed by atoms with Crippen molar-refractivity contribution in [1.29, 1.82) is 5.26 Å². The first kappa shape index (κ1) is 8.21. The Kier molecular flexibility index (Phi) is 1.78. The van der Waals surface area contributed by atoms with Crippen molar-refractivity contribution >= 4 is 11.6 Å². The molecule has 3 nitrogen and oxygen atoms in total. The number of fused-ring (bicyclic) bond motifs is 1. The molecule has 1 heterocycles. The van der Waals surface area contributed by atoms with Crippen LogP contribution in [0.1, 0.15) is 11.1 Å². The second kappa shape index (κ2) is 2.82. The van der Waals surface area contributed by atoms with Gasteiger partial charge in [-0.05, 0) is 6.92 Å². The van der Waals surface area contributed by atoms with Gasteiger partial charge in [0, 0.05) is 11.6 Å². The zero-order valence-corrected chi connectivity index (χ0v) is 7.68. The molecule has 66 valence electrons. The van der Waals surface area contributed by atoms with Crippen LogP contribution in [0.25, 0.3) is 0 Å². The van der Waals surface area contributed by atoms with Crippen LogP contribution >= 0.6 is 11.6 Å². The Balaban J connectivity index is 2.70. The topological polar surface area (TPSA) is 42.2 Å². The highest BCUT2D eigenvalue weighted by Gasteiger charge is 2.20. The van der Waals surface area contributed by atoms with E-state index in [1.807, 2.05) is 6.07 Å². The molecule has 0 radical (unpaired) electrons. The van der Waals surface area contributed by atoms with Crippen LogP contribution in [-0.2, 0) is 0 Å². The summed E-state index contributed by atoms with van der Waals surface area (Å²) in [7, 11) is 0. The lowest BCUT2D eigenvalue weighted by Gasteiger charge is -2.03. The fraction of sp³-hybridized carbons (Fsp3) is 0.222. The van der Waals surface area contributed by atoms with Crippen molar-refractivity contribution in [3.8, 4) is 17.6 Å². The number of ether oxygens (including phenoxy) is 2. The quantitative estimate of drug-likeness (QED) is 0.638. The Morgan fingerprint density at radius 1 is 1.54 bits per heavy atom. The number of rotatable bonds is 0. The van der Waals surface area contributed by atoms with E-state index in [4.69, 9.17) is 26.3 Å². The van der Waals surface area contributed by atoms with Crippen LogP contribution < -0.4 is 9.47 Å². The third-order valence-corrected chi connectivity index (χ3v) is 2.43. The summed E-state index contributed by atoms with van der Waals surface area (Å²) in [5.74, 6) is 1.24. The van der Waals surface area contributed by atoms with E-state index in [-0.39, 0.29) is 6.79 Å². The molecule has 4 heteroatoms. The van der Waals surface area contributed by atoms with Crippen molar-refractivity contribution in [2.45, 2.75) is 6.92 Å². The van der Waals surface area contributed by atoms with Crippen molar-refractivity contribution in [3.63, 3.8) is 0 Å². The number of hydrogen-bond donors (Lipinski definition) is 0. The first-order valence-corrected chi connectivity index (χ1v) is 4.10. The van der Waals surface area contributed by atoms with Gasteiger partial charge in [0.25, 0.3) is 0 Å². The van der Waals surface area contributed by atoms with Crippen LogP contribution in [0, 0.1) is 18.3 Å². The van der Waals surface area contributed by atoms with E-state index in [0.717, 1.165) is 5.56 Å². The molecule has 0 amide bonds. The van der Waals surface area contributed by atoms with Crippen molar-refractivity contribution < 1.29 is 9.47 Å². The Morgan fingerprint density at radius 2 is 2.31 bits per heavy atom. The summed E-state index contributed by atoms with van der Waals surface area (Å²) in [5, 5.41) is 9.18. The molecule has 0 bridgehead atoms. The lowest BCUT2D eigenvalue weighted by Crippen LogP contribution is -1.93. The van der Waals surface area contributed by atoms with E-state index >= 15 is 0 Å². The molecule has 0 aromatic heterocycles. The molecule has 0 saturated heterocycles. The van der Waals surface area contributed by atoms with Crippen molar-refractivity contribution in [1.82, 2.24) is 0 Å². The molecule has 0 saturated carbocycles. The second-order valence-electron chi connectivity index (χ2n) is 2.71. The van der Waals surface area contributed by atoms with Crippen LogP contribution in [0.15, 0.2) is 6.07 Å². The minimum atomic E-state index is 0.196. The van der Waals surface area contributed by atoms with E-state index in [1.54, 1.807) is 13.0 Å². The molecule has 1 aromatic carbocycles. The minimum Gasteiger partial charge on any atom is -0.454 e. The van der Waals surface area contributed by atoms with Crippen molar-refractivity contribution in [2.75, 3.05) is 6.79 Å². The Hall–Kier alpha value is -1.40. The molecule has 0 N–H and O–H groups in total. The van der Waals surface area contributed by atoms with Crippen molar-refractivity contribution in [2.24, 2.45) is 0 Å². The van der Waals surface area contributed by atoms with Gasteiger partial charge < -0.3 is 9.47 Å². The molecule has 1 aliphatic heterocycles. The van der Waals surface area contributed by atoms with Gasteiger partial charge in [0.15, 0.2) is 11.5 Å². The van der Waals surface area contributed by atoms with Gasteiger partial charge in [-0.25, -0.2) is 0 Å². The van der Waals surface area contributed by atoms with Gasteiger partial charge in [-0.2, -0.15) is 5.26 Å². The lowest BCUT2D eigenvalue weighted by atomic mass is 10.1. The molecule has 13 heavy (non-hydrogen) atoms. The van der Waals surface area contributed by atoms with Crippen LogP contribution in [0.4, 0.5) is 0 Å². The molecule has 0 atom stereocenters. The average molecular weight is 196 g/mol. The Labute approximate surface area is 80.4 Å². The fourth-order valence-electron chi connectivity index (χ4n) is 1.27. The summed E-state index contributed by atoms with van der Waals surface area (Å²) in [5.41, 5.74) is 1.18. The van der Waals surface area contributed by atoms with E-state index in [2.05, 4.69) is 0 Å². The lowest BCUT2D eigenvalue weighted by molar-refractivity contribution is 0.173. The largest absolute Gasteiger partial charge is 0.454 e. The maximum absolute atomic E-state index is 8.74. The third kappa shape index (κ3) is 1.11. The summed E-state index contributed by atoms with van der Waals surface area (Å²) in [6.07, 6.45) is 0. The normalized spacial score (nSPS) is 12.7. The van der Waals surface area contributed by atoms with E-state index < -0.39 is 0 Å². The van der Waals surface area contributed by atoms with Gasteiger partial charge in [0.2, 0.25) is 6.79 Å². The third-order valence-electron chi connectivity index (χ3n) is 1.94. The monoisotopic (exact) mass is 195 g/mol. The SMILES string of the molecule is Cc1c(Cl)c(C#N)cc2c1OCO2. The van der Waals surface area contributed by atoms with Gasteiger partial charge in [-0.15, -0.1) is 0 Å². The minimum absolute atomic E-state index is 0.196. The summed E-state index contributed by atoms with van der Waals surface area (Å²) >= 11 is 5.92. The maximum Gasteiger partial charge on any atom is 0.231 e. The van der Waals surface area contributed by atoms with Crippen LogP contribution in [-0.4, -0.2) is 6.79 Å². The predicted molar refractivity (Wildman–Crippen MR) is 47.0 cm³/mol. The molecular formula is C9H6ClNO2. The fourth-order valence-corrected chi connectivity index (χ4v) is 1.45. The number of nitrogens with zero attached hydrogens (tertiary/aromatic N) is 1. The van der Waals surface area contributed by atoms with Gasteiger partial charge in [-0.3, -0.25) is 0 Å². The zero-order chi connectivity index (χ0) is 9.42. The first-order valence-electron chi connectivity index (χ1n) is 3.73. The summed E-state index contributed by atoms with van der Waals surface area (Å²) in [4.78, 5) is 0. The molecular weight excluding hydrogens is 190 g/mol. The standard InChI is InChI=1S/C9H6ClNO2/c1-5-8(10)6(3-11)2-7-9(5)13-4-12-7/h2H,4H2,1H3. The van der Waals surface area contributed by atoms with Crippen molar-refractivity contribution in [3.05, 3.63) is 22.2 Å². The number of hydrogen-bond acceptors (Lipinski definition) is 3. The predicted octanol–water partition coefficient (Wildman–Crippen LogP) is 2.25. The second-order valence-corrected chi connectivity index (χ2v) is 3.09. The molecule has 0 aliphatic carbocycles. The summed E-state index contributed by atoms with van der Waals surface area (Å²) in [6.45, 7) is 2.00. The van der Waals surface area contributed by atoms with Crippen LogP contribution in [0.5, 0.6) is 11.5 Å². The van der Waals surface area contributed by atoms with E-state index in [1.165, 1.54) is 0 Å².